The number of fused-ring (bicyclic) bond motifs is 4. The van der Waals surface area contributed by atoms with E-state index < -0.39 is 0 Å². The van der Waals surface area contributed by atoms with E-state index in [9.17, 15) is 9.59 Å². The lowest BCUT2D eigenvalue weighted by Crippen LogP contribution is -2.15. The van der Waals surface area contributed by atoms with Gasteiger partial charge < -0.3 is 9.30 Å². The van der Waals surface area contributed by atoms with Gasteiger partial charge in [-0.25, -0.2) is 0 Å². The molecule has 0 saturated heterocycles. The fourth-order valence-electron chi connectivity index (χ4n) is 6.90. The van der Waals surface area contributed by atoms with Crippen LogP contribution in [0.15, 0.2) is 174 Å². The number of pyridine rings is 3. The van der Waals surface area contributed by atoms with Crippen molar-refractivity contribution >= 4 is 55.2 Å². The van der Waals surface area contributed by atoms with Crippen molar-refractivity contribution in [2.75, 3.05) is 4.90 Å². The molecule has 3 aromatic heterocycles. The van der Waals surface area contributed by atoms with Gasteiger partial charge in [-0.3, -0.25) is 14.6 Å². The lowest BCUT2D eigenvalue weighted by Gasteiger charge is -2.26. The molecular formula is C43H27N3O2. The average Bonchev–Trinajstić information content (AvgIpc) is 3.16. The summed E-state index contributed by atoms with van der Waals surface area (Å²) < 4.78 is 2.04. The van der Waals surface area contributed by atoms with Crippen molar-refractivity contribution in [3.63, 3.8) is 0 Å². The Morgan fingerprint density at radius 2 is 0.875 bits per heavy atom. The third kappa shape index (κ3) is 4.37. The van der Waals surface area contributed by atoms with Gasteiger partial charge in [-0.05, 0) is 76.9 Å². The van der Waals surface area contributed by atoms with Crippen LogP contribution in [0.5, 0.6) is 0 Å². The number of hydrogen-bond acceptors (Lipinski definition) is 4. The maximum Gasteiger partial charge on any atom is 0.198 e. The van der Waals surface area contributed by atoms with E-state index in [-0.39, 0.29) is 10.9 Å². The molecule has 5 nitrogen and oxygen atoms in total. The molecule has 0 fully saturated rings. The summed E-state index contributed by atoms with van der Waals surface area (Å²) in [7, 11) is 0. The molecule has 0 saturated carbocycles. The first-order chi connectivity index (χ1) is 23.7. The minimum atomic E-state index is -0.154. The van der Waals surface area contributed by atoms with E-state index >= 15 is 0 Å². The number of benzene rings is 6. The summed E-state index contributed by atoms with van der Waals surface area (Å²) in [6, 6.07) is 51.2. The van der Waals surface area contributed by atoms with Crippen LogP contribution in [0.1, 0.15) is 0 Å². The minimum Gasteiger partial charge on any atom is -0.310 e. The highest BCUT2D eigenvalue weighted by atomic mass is 16.1. The monoisotopic (exact) mass is 617 g/mol. The predicted octanol–water partition coefficient (Wildman–Crippen LogP) is 9.76. The van der Waals surface area contributed by atoms with Crippen LogP contribution in [0.25, 0.3) is 60.3 Å². The Bertz CT molecular complexity index is 2660. The highest BCUT2D eigenvalue weighted by molar-refractivity contribution is 6.07. The van der Waals surface area contributed by atoms with Crippen molar-refractivity contribution in [1.29, 1.82) is 0 Å². The zero-order valence-electron chi connectivity index (χ0n) is 25.7. The van der Waals surface area contributed by atoms with Gasteiger partial charge in [-0.1, -0.05) is 97.1 Å². The van der Waals surface area contributed by atoms with Gasteiger partial charge in [0.1, 0.15) is 0 Å². The standard InChI is InChI=1S/C43H27N3O2/c47-42-35-13-7-8-14-39(35)46-40-24-23-34(25-36(40)43(48)38-27-44-26-37(42)41(38)46)45(32-19-15-30(16-20-32)28-9-3-1-4-10-28)33-21-17-31(18-22-33)29-11-5-2-6-12-29/h1-27H. The highest BCUT2D eigenvalue weighted by Crippen LogP contribution is 2.38. The van der Waals surface area contributed by atoms with Gasteiger partial charge >= 0.3 is 0 Å². The number of aromatic nitrogens is 2. The highest BCUT2D eigenvalue weighted by Gasteiger charge is 2.20. The Labute approximate surface area is 275 Å². The van der Waals surface area contributed by atoms with Crippen LogP contribution in [0.2, 0.25) is 0 Å². The lowest BCUT2D eigenvalue weighted by molar-refractivity contribution is 1.26. The van der Waals surface area contributed by atoms with Gasteiger partial charge in [0.05, 0.1) is 27.3 Å². The molecule has 48 heavy (non-hydrogen) atoms. The molecule has 6 aromatic carbocycles. The number of anilines is 3. The van der Waals surface area contributed by atoms with E-state index in [0.29, 0.717) is 27.1 Å². The Morgan fingerprint density at radius 1 is 0.417 bits per heavy atom. The fraction of sp³-hybridized carbons (Fsp3) is 0. The Morgan fingerprint density at radius 3 is 1.46 bits per heavy atom. The summed E-state index contributed by atoms with van der Waals surface area (Å²) in [5.74, 6) is 0. The van der Waals surface area contributed by atoms with Crippen molar-refractivity contribution in [2.24, 2.45) is 0 Å². The number of hydrogen-bond donors (Lipinski definition) is 0. The molecule has 0 aliphatic heterocycles. The second-order valence-corrected chi connectivity index (χ2v) is 12.0. The molecule has 0 unspecified atom stereocenters. The van der Waals surface area contributed by atoms with Crippen molar-refractivity contribution in [1.82, 2.24) is 9.38 Å². The van der Waals surface area contributed by atoms with Crippen LogP contribution in [0.4, 0.5) is 17.1 Å². The maximum atomic E-state index is 14.2. The summed E-state index contributed by atoms with van der Waals surface area (Å²) in [6.45, 7) is 0. The molecule has 0 aliphatic carbocycles. The molecule has 0 radical (unpaired) electrons. The van der Waals surface area contributed by atoms with E-state index in [1.54, 1.807) is 12.4 Å². The third-order valence-corrected chi connectivity index (χ3v) is 9.21. The largest absolute Gasteiger partial charge is 0.310 e. The molecule has 0 aliphatic rings. The molecule has 0 spiro atoms. The Hall–Kier alpha value is -6.59. The summed E-state index contributed by atoms with van der Waals surface area (Å²) in [4.78, 5) is 34.2. The van der Waals surface area contributed by atoms with Gasteiger partial charge in [0.25, 0.3) is 0 Å². The first-order valence-electron chi connectivity index (χ1n) is 15.9. The molecule has 0 N–H and O–H groups in total. The molecular weight excluding hydrogens is 590 g/mol. The second-order valence-electron chi connectivity index (χ2n) is 12.0. The average molecular weight is 618 g/mol. The van der Waals surface area contributed by atoms with Gasteiger partial charge in [-0.15, -0.1) is 0 Å². The zero-order valence-corrected chi connectivity index (χ0v) is 25.7. The first-order valence-corrected chi connectivity index (χ1v) is 15.9. The Balaban J connectivity index is 1.27. The summed E-state index contributed by atoms with van der Waals surface area (Å²) in [6.07, 6.45) is 3.14. The van der Waals surface area contributed by atoms with E-state index in [1.165, 1.54) is 0 Å². The smallest absolute Gasteiger partial charge is 0.198 e. The zero-order chi connectivity index (χ0) is 32.2. The molecule has 0 atom stereocenters. The molecule has 3 heterocycles. The minimum absolute atomic E-state index is 0.122. The van der Waals surface area contributed by atoms with Crippen LogP contribution in [-0.2, 0) is 0 Å². The third-order valence-electron chi connectivity index (χ3n) is 9.21. The number of para-hydroxylation sites is 1. The quantitative estimate of drug-likeness (QED) is 0.143. The molecule has 226 valence electrons. The van der Waals surface area contributed by atoms with E-state index in [4.69, 9.17) is 0 Å². The van der Waals surface area contributed by atoms with Gasteiger partial charge in [-0.2, -0.15) is 0 Å². The normalized spacial score (nSPS) is 11.5. The Kier molecular flexibility index (Phi) is 6.37. The van der Waals surface area contributed by atoms with Crippen LogP contribution < -0.4 is 15.8 Å². The van der Waals surface area contributed by atoms with Crippen LogP contribution in [0.3, 0.4) is 0 Å². The van der Waals surface area contributed by atoms with Crippen LogP contribution in [0, 0.1) is 0 Å². The maximum absolute atomic E-state index is 14.2. The molecule has 9 rings (SSSR count). The molecule has 0 amide bonds. The van der Waals surface area contributed by atoms with Crippen molar-refractivity contribution in [3.8, 4) is 22.3 Å². The summed E-state index contributed by atoms with van der Waals surface area (Å²) in [5.41, 5.74) is 9.13. The second kappa shape index (κ2) is 11.0. The molecule has 9 aromatic rings. The molecule has 5 heteroatoms. The van der Waals surface area contributed by atoms with Crippen molar-refractivity contribution in [3.05, 3.63) is 184 Å². The number of rotatable bonds is 5. The van der Waals surface area contributed by atoms with Crippen LogP contribution >= 0.6 is 0 Å². The predicted molar refractivity (Wildman–Crippen MR) is 197 cm³/mol. The summed E-state index contributed by atoms with van der Waals surface area (Å²) >= 11 is 0. The van der Waals surface area contributed by atoms with E-state index in [2.05, 4.69) is 82.7 Å². The summed E-state index contributed by atoms with van der Waals surface area (Å²) in [5, 5.41) is 2.00. The van der Waals surface area contributed by atoms with E-state index in [0.717, 1.165) is 50.3 Å². The molecule has 0 bridgehead atoms. The SMILES string of the molecule is O=c1c2ccccc2n2c3ccc(N(c4ccc(-c5ccccc5)cc4)c4ccc(-c5ccccc5)cc4)cc3c(=O)c3cncc1c32. The van der Waals surface area contributed by atoms with Crippen molar-refractivity contribution in [2.45, 2.75) is 0 Å². The first kappa shape index (κ1) is 27.7. The van der Waals surface area contributed by atoms with Gasteiger partial charge in [0.2, 0.25) is 0 Å². The van der Waals surface area contributed by atoms with Gasteiger partial charge in [0.15, 0.2) is 10.9 Å². The van der Waals surface area contributed by atoms with Crippen LogP contribution in [-0.4, -0.2) is 9.38 Å². The topological polar surface area (TPSA) is 54.7 Å². The lowest BCUT2D eigenvalue weighted by atomic mass is 10.0. The number of nitrogens with zero attached hydrogens (tertiary/aromatic N) is 3. The van der Waals surface area contributed by atoms with Crippen molar-refractivity contribution < 1.29 is 0 Å². The van der Waals surface area contributed by atoms with E-state index in [1.807, 2.05) is 83.3 Å². The fourth-order valence-corrected chi connectivity index (χ4v) is 6.90. The van der Waals surface area contributed by atoms with Gasteiger partial charge in [0, 0.05) is 40.2 Å².